The number of hydrogen-bond donors (Lipinski definition) is 2. The molecule has 2 N–H and O–H groups in total. The average molecular weight is 241 g/mol. The van der Waals surface area contributed by atoms with E-state index in [0.717, 1.165) is 32.4 Å². The third-order valence-corrected chi connectivity index (χ3v) is 4.75. The summed E-state index contributed by atoms with van der Waals surface area (Å²) in [5.74, 6) is 0. The lowest BCUT2D eigenvalue weighted by Gasteiger charge is -2.44. The predicted octanol–water partition coefficient (Wildman–Crippen LogP) is 1.78. The van der Waals surface area contributed by atoms with Crippen molar-refractivity contribution in [2.45, 2.75) is 57.4 Å². The summed E-state index contributed by atoms with van der Waals surface area (Å²) in [6.45, 7) is 2.70. The van der Waals surface area contributed by atoms with Gasteiger partial charge in [-0.05, 0) is 32.2 Å². The molecule has 0 amide bonds. The van der Waals surface area contributed by atoms with Crippen LogP contribution in [0.5, 0.6) is 0 Å². The van der Waals surface area contributed by atoms with E-state index < -0.39 is 0 Å². The molecule has 2 aliphatic rings. The van der Waals surface area contributed by atoms with Crippen LogP contribution in [0.2, 0.25) is 0 Å². The second-order valence-electron chi connectivity index (χ2n) is 6.02. The van der Waals surface area contributed by atoms with Crippen LogP contribution in [0.25, 0.3) is 0 Å². The Hall–Kier alpha value is -0.120. The van der Waals surface area contributed by atoms with E-state index in [1.54, 1.807) is 0 Å². The molecule has 0 spiro atoms. The van der Waals surface area contributed by atoms with Gasteiger partial charge in [-0.3, -0.25) is 4.90 Å². The average Bonchev–Trinajstić information content (AvgIpc) is 2.40. The highest BCUT2D eigenvalue weighted by atomic mass is 16.3. The number of aliphatic hydroxyl groups is 2. The van der Waals surface area contributed by atoms with Crippen LogP contribution in [0.1, 0.15) is 51.4 Å². The second-order valence-corrected chi connectivity index (χ2v) is 6.02. The van der Waals surface area contributed by atoms with Gasteiger partial charge in [-0.15, -0.1) is 0 Å². The molecule has 1 aliphatic heterocycles. The molecule has 0 aromatic heterocycles. The Bertz CT molecular complexity index is 226. The van der Waals surface area contributed by atoms with Gasteiger partial charge in [0.2, 0.25) is 0 Å². The van der Waals surface area contributed by atoms with Crippen LogP contribution in [-0.4, -0.2) is 47.5 Å². The van der Waals surface area contributed by atoms with Crippen LogP contribution in [0.15, 0.2) is 0 Å². The Morgan fingerprint density at radius 3 is 2.41 bits per heavy atom. The maximum atomic E-state index is 9.74. The van der Waals surface area contributed by atoms with Crippen LogP contribution in [-0.2, 0) is 0 Å². The highest BCUT2D eigenvalue weighted by Crippen LogP contribution is 2.37. The molecule has 0 bridgehead atoms. The Labute approximate surface area is 105 Å². The molecule has 3 nitrogen and oxygen atoms in total. The highest BCUT2D eigenvalue weighted by molar-refractivity contribution is 4.88. The van der Waals surface area contributed by atoms with Crippen LogP contribution in [0, 0.1) is 5.41 Å². The summed E-state index contributed by atoms with van der Waals surface area (Å²) >= 11 is 0. The van der Waals surface area contributed by atoms with Crippen molar-refractivity contribution in [3.63, 3.8) is 0 Å². The van der Waals surface area contributed by atoms with E-state index in [-0.39, 0.29) is 12.0 Å². The summed E-state index contributed by atoms with van der Waals surface area (Å²) < 4.78 is 0. The van der Waals surface area contributed by atoms with E-state index in [9.17, 15) is 10.2 Å². The molecular formula is C14H27NO2. The molecule has 0 aromatic carbocycles. The number of aliphatic hydroxyl groups excluding tert-OH is 2. The molecule has 1 aliphatic carbocycles. The fourth-order valence-corrected chi connectivity index (χ4v) is 3.57. The third-order valence-electron chi connectivity index (χ3n) is 4.75. The molecule has 1 atom stereocenters. The topological polar surface area (TPSA) is 43.7 Å². The smallest absolute Gasteiger partial charge is 0.0586 e. The number of nitrogens with zero attached hydrogens (tertiary/aromatic N) is 1. The molecule has 0 radical (unpaired) electrons. The Kier molecular flexibility index (Phi) is 4.83. The normalized spacial score (nSPS) is 30.4. The summed E-state index contributed by atoms with van der Waals surface area (Å²) in [5.41, 5.74) is 0.128. The molecule has 2 rings (SSSR count). The number of hydrogen-bond acceptors (Lipinski definition) is 3. The SMILES string of the molecule is OCC1CCCCN1CC1(CO)CCCCC1. The van der Waals surface area contributed by atoms with Crippen LogP contribution in [0.4, 0.5) is 0 Å². The molecule has 3 heteroatoms. The second kappa shape index (κ2) is 6.17. The van der Waals surface area contributed by atoms with Crippen molar-refractivity contribution >= 4 is 0 Å². The van der Waals surface area contributed by atoms with Crippen molar-refractivity contribution in [2.24, 2.45) is 5.41 Å². The van der Waals surface area contributed by atoms with E-state index in [2.05, 4.69) is 4.90 Å². The molecule has 1 unspecified atom stereocenters. The minimum Gasteiger partial charge on any atom is -0.396 e. The number of rotatable bonds is 4. The Morgan fingerprint density at radius 2 is 1.76 bits per heavy atom. The van der Waals surface area contributed by atoms with Crippen LogP contribution >= 0.6 is 0 Å². The van der Waals surface area contributed by atoms with Gasteiger partial charge in [-0.1, -0.05) is 25.7 Å². The lowest BCUT2D eigenvalue weighted by molar-refractivity contribution is 0.000818. The summed E-state index contributed by atoms with van der Waals surface area (Å²) in [6.07, 6.45) is 9.79. The summed E-state index contributed by atoms with van der Waals surface area (Å²) in [6, 6.07) is 0.342. The fraction of sp³-hybridized carbons (Fsp3) is 1.00. The van der Waals surface area contributed by atoms with Crippen molar-refractivity contribution in [2.75, 3.05) is 26.3 Å². The summed E-state index contributed by atoms with van der Waals surface area (Å²) in [4.78, 5) is 2.44. The van der Waals surface area contributed by atoms with Crippen molar-refractivity contribution in [3.05, 3.63) is 0 Å². The van der Waals surface area contributed by atoms with Gasteiger partial charge in [0.1, 0.15) is 0 Å². The van der Waals surface area contributed by atoms with Crippen molar-refractivity contribution in [3.8, 4) is 0 Å². The molecule has 0 aromatic rings. The van der Waals surface area contributed by atoms with Gasteiger partial charge in [-0.25, -0.2) is 0 Å². The quantitative estimate of drug-likeness (QED) is 0.788. The van der Waals surface area contributed by atoms with Gasteiger partial charge in [0.05, 0.1) is 6.61 Å². The molecule has 17 heavy (non-hydrogen) atoms. The standard InChI is InChI=1S/C14H27NO2/c16-10-13-6-2-5-9-15(13)11-14(12-17)7-3-1-4-8-14/h13,16-17H,1-12H2. The van der Waals surface area contributed by atoms with Gasteiger partial charge < -0.3 is 10.2 Å². The summed E-state index contributed by atoms with van der Waals surface area (Å²) in [7, 11) is 0. The predicted molar refractivity (Wildman–Crippen MR) is 68.9 cm³/mol. The Morgan fingerprint density at radius 1 is 1.00 bits per heavy atom. The molecule has 100 valence electrons. The van der Waals surface area contributed by atoms with E-state index in [4.69, 9.17) is 0 Å². The zero-order chi connectivity index (χ0) is 12.1. The largest absolute Gasteiger partial charge is 0.396 e. The molecular weight excluding hydrogens is 214 g/mol. The minimum atomic E-state index is 0.128. The van der Waals surface area contributed by atoms with E-state index in [0.29, 0.717) is 12.6 Å². The van der Waals surface area contributed by atoms with Crippen LogP contribution in [0.3, 0.4) is 0 Å². The van der Waals surface area contributed by atoms with E-state index in [1.807, 2.05) is 0 Å². The van der Waals surface area contributed by atoms with Gasteiger partial charge in [0.25, 0.3) is 0 Å². The van der Waals surface area contributed by atoms with Gasteiger partial charge in [0, 0.05) is 24.6 Å². The number of likely N-dealkylation sites (tertiary alicyclic amines) is 1. The monoisotopic (exact) mass is 241 g/mol. The Balaban J connectivity index is 1.96. The minimum absolute atomic E-state index is 0.128. The zero-order valence-electron chi connectivity index (χ0n) is 10.9. The lowest BCUT2D eigenvalue weighted by Crippen LogP contribution is -2.49. The first-order valence-corrected chi connectivity index (χ1v) is 7.25. The van der Waals surface area contributed by atoms with E-state index in [1.165, 1.54) is 32.1 Å². The van der Waals surface area contributed by atoms with Crippen LogP contribution < -0.4 is 0 Å². The highest BCUT2D eigenvalue weighted by Gasteiger charge is 2.35. The third kappa shape index (κ3) is 3.21. The molecule has 1 saturated heterocycles. The first-order valence-electron chi connectivity index (χ1n) is 7.25. The maximum Gasteiger partial charge on any atom is 0.0586 e. The zero-order valence-corrected chi connectivity index (χ0v) is 10.9. The van der Waals surface area contributed by atoms with Gasteiger partial charge in [-0.2, -0.15) is 0 Å². The lowest BCUT2D eigenvalue weighted by atomic mass is 9.74. The first kappa shape index (κ1) is 13.3. The van der Waals surface area contributed by atoms with Crippen molar-refractivity contribution in [1.82, 2.24) is 4.90 Å². The number of piperidine rings is 1. The fourth-order valence-electron chi connectivity index (χ4n) is 3.57. The van der Waals surface area contributed by atoms with Crippen molar-refractivity contribution < 1.29 is 10.2 Å². The summed E-state index contributed by atoms with van der Waals surface area (Å²) in [5, 5.41) is 19.2. The van der Waals surface area contributed by atoms with Gasteiger partial charge in [0.15, 0.2) is 0 Å². The van der Waals surface area contributed by atoms with Gasteiger partial charge >= 0.3 is 0 Å². The van der Waals surface area contributed by atoms with E-state index >= 15 is 0 Å². The molecule has 2 fully saturated rings. The molecule has 1 saturated carbocycles. The molecule has 1 heterocycles. The van der Waals surface area contributed by atoms with Crippen molar-refractivity contribution in [1.29, 1.82) is 0 Å². The maximum absolute atomic E-state index is 9.74. The first-order chi connectivity index (χ1) is 8.29.